The maximum Gasteiger partial charge on any atom is 0.264 e. The van der Waals surface area contributed by atoms with Gasteiger partial charge in [0.25, 0.3) is 11.5 Å². The molecule has 2 aromatic heterocycles. The fraction of sp³-hybridized carbons (Fsp3) is 0. The zero-order valence-corrected chi connectivity index (χ0v) is 8.48. The van der Waals surface area contributed by atoms with Crippen molar-refractivity contribution in [3.05, 3.63) is 52.3 Å². The second kappa shape index (κ2) is 4.52. The molecule has 0 spiro atoms. The van der Waals surface area contributed by atoms with E-state index in [-0.39, 0.29) is 16.9 Å². The minimum atomic E-state index is -0.663. The van der Waals surface area contributed by atoms with Crippen molar-refractivity contribution >= 4 is 11.7 Å². The molecule has 86 valence electrons. The van der Waals surface area contributed by atoms with Crippen LogP contribution >= 0.6 is 0 Å². The SMILES string of the molecule is O=C(Nc1ccc(=O)[nH]n1)c1ccc(F)nc1. The highest BCUT2D eigenvalue weighted by molar-refractivity contribution is 6.03. The topological polar surface area (TPSA) is 87.7 Å². The Morgan fingerprint density at radius 2 is 2.12 bits per heavy atom. The van der Waals surface area contributed by atoms with Crippen LogP contribution in [0.25, 0.3) is 0 Å². The predicted octanol–water partition coefficient (Wildman–Crippen LogP) is 0.556. The highest BCUT2D eigenvalue weighted by atomic mass is 19.1. The van der Waals surface area contributed by atoms with Gasteiger partial charge >= 0.3 is 0 Å². The van der Waals surface area contributed by atoms with Gasteiger partial charge in [0, 0.05) is 12.3 Å². The molecule has 7 heteroatoms. The Morgan fingerprint density at radius 1 is 1.29 bits per heavy atom. The Bertz CT molecular complexity index is 574. The third-order valence-corrected chi connectivity index (χ3v) is 1.91. The Labute approximate surface area is 94.5 Å². The van der Waals surface area contributed by atoms with Gasteiger partial charge in [-0.1, -0.05) is 0 Å². The van der Waals surface area contributed by atoms with Crippen LogP contribution in [-0.2, 0) is 0 Å². The standard InChI is InChI=1S/C10H7FN4O2/c11-7-2-1-6(5-12-7)10(17)13-8-3-4-9(16)15-14-8/h1-5H,(H,15,16)(H,13,14,17). The first-order chi connectivity index (χ1) is 8.15. The van der Waals surface area contributed by atoms with Gasteiger partial charge in [-0.05, 0) is 18.2 Å². The van der Waals surface area contributed by atoms with Crippen molar-refractivity contribution in [2.45, 2.75) is 0 Å². The lowest BCUT2D eigenvalue weighted by molar-refractivity contribution is 0.102. The van der Waals surface area contributed by atoms with E-state index in [9.17, 15) is 14.0 Å². The highest BCUT2D eigenvalue weighted by Gasteiger charge is 2.07. The zero-order valence-electron chi connectivity index (χ0n) is 8.48. The van der Waals surface area contributed by atoms with Gasteiger partial charge in [-0.25, -0.2) is 10.1 Å². The summed E-state index contributed by atoms with van der Waals surface area (Å²) in [5, 5.41) is 8.19. The first kappa shape index (κ1) is 10.9. The second-order valence-corrected chi connectivity index (χ2v) is 3.13. The Kier molecular flexibility index (Phi) is 2.91. The normalized spacial score (nSPS) is 9.94. The summed E-state index contributed by atoms with van der Waals surface area (Å²) in [6.45, 7) is 0. The molecule has 1 amide bonds. The monoisotopic (exact) mass is 234 g/mol. The number of aromatic nitrogens is 3. The molecule has 2 aromatic rings. The fourth-order valence-electron chi connectivity index (χ4n) is 1.11. The van der Waals surface area contributed by atoms with Gasteiger partial charge in [-0.15, -0.1) is 0 Å². The molecule has 0 bridgehead atoms. The third kappa shape index (κ3) is 2.71. The van der Waals surface area contributed by atoms with Gasteiger partial charge in [-0.3, -0.25) is 9.59 Å². The summed E-state index contributed by atoms with van der Waals surface area (Å²) in [6.07, 6.45) is 1.11. The molecule has 0 aromatic carbocycles. The fourth-order valence-corrected chi connectivity index (χ4v) is 1.11. The second-order valence-electron chi connectivity index (χ2n) is 3.13. The number of hydrogen-bond donors (Lipinski definition) is 2. The molecule has 2 rings (SSSR count). The number of carbonyl (C=O) groups is 1. The van der Waals surface area contributed by atoms with Crippen LogP contribution in [0, 0.1) is 5.95 Å². The summed E-state index contributed by atoms with van der Waals surface area (Å²) in [5.74, 6) is -0.959. The number of pyridine rings is 1. The summed E-state index contributed by atoms with van der Waals surface area (Å²) >= 11 is 0. The Hall–Kier alpha value is -2.57. The van der Waals surface area contributed by atoms with Crippen LogP contribution in [0.15, 0.2) is 35.3 Å². The molecule has 0 radical (unpaired) electrons. The first-order valence-electron chi connectivity index (χ1n) is 4.64. The zero-order chi connectivity index (χ0) is 12.3. The van der Waals surface area contributed by atoms with Crippen LogP contribution < -0.4 is 10.9 Å². The highest BCUT2D eigenvalue weighted by Crippen LogP contribution is 2.03. The van der Waals surface area contributed by atoms with E-state index in [1.807, 2.05) is 0 Å². The van der Waals surface area contributed by atoms with Crippen molar-refractivity contribution in [1.29, 1.82) is 0 Å². The first-order valence-corrected chi connectivity index (χ1v) is 4.64. The van der Waals surface area contributed by atoms with E-state index in [0.29, 0.717) is 0 Å². The molecule has 0 saturated heterocycles. The molecule has 0 aliphatic rings. The average molecular weight is 234 g/mol. The molecule has 0 saturated carbocycles. The van der Waals surface area contributed by atoms with Crippen LogP contribution in [0.1, 0.15) is 10.4 Å². The number of rotatable bonds is 2. The van der Waals surface area contributed by atoms with Crippen LogP contribution in [0.4, 0.5) is 10.2 Å². The molecule has 0 fully saturated rings. The lowest BCUT2D eigenvalue weighted by Gasteiger charge is -2.02. The number of nitrogens with zero attached hydrogens (tertiary/aromatic N) is 2. The number of hydrogen-bond acceptors (Lipinski definition) is 4. The van der Waals surface area contributed by atoms with E-state index in [2.05, 4.69) is 20.5 Å². The van der Waals surface area contributed by atoms with Crippen LogP contribution in [-0.4, -0.2) is 21.1 Å². The van der Waals surface area contributed by atoms with Crippen molar-refractivity contribution in [3.63, 3.8) is 0 Å². The maximum atomic E-state index is 12.5. The molecule has 0 aliphatic carbocycles. The van der Waals surface area contributed by atoms with Crippen molar-refractivity contribution in [1.82, 2.24) is 15.2 Å². The predicted molar refractivity (Wildman–Crippen MR) is 57.0 cm³/mol. The van der Waals surface area contributed by atoms with Gasteiger partial charge in [0.15, 0.2) is 5.82 Å². The van der Waals surface area contributed by atoms with E-state index < -0.39 is 11.9 Å². The smallest absolute Gasteiger partial charge is 0.264 e. The minimum absolute atomic E-state index is 0.193. The number of nitrogens with one attached hydrogen (secondary N) is 2. The molecular weight excluding hydrogens is 227 g/mol. The number of aromatic amines is 1. The van der Waals surface area contributed by atoms with Crippen LogP contribution in [0.3, 0.4) is 0 Å². The molecule has 2 N–H and O–H groups in total. The number of anilines is 1. The lowest BCUT2D eigenvalue weighted by Crippen LogP contribution is -2.16. The van der Waals surface area contributed by atoms with Crippen molar-refractivity contribution in [2.75, 3.05) is 5.32 Å². The molecule has 0 atom stereocenters. The number of amides is 1. The summed E-state index contributed by atoms with van der Waals surface area (Å²) in [7, 11) is 0. The third-order valence-electron chi connectivity index (χ3n) is 1.91. The Morgan fingerprint density at radius 3 is 2.71 bits per heavy atom. The molecule has 17 heavy (non-hydrogen) atoms. The van der Waals surface area contributed by atoms with Crippen molar-refractivity contribution in [3.8, 4) is 0 Å². The van der Waals surface area contributed by atoms with E-state index >= 15 is 0 Å². The number of H-pyrrole nitrogens is 1. The van der Waals surface area contributed by atoms with Crippen LogP contribution in [0.5, 0.6) is 0 Å². The van der Waals surface area contributed by atoms with E-state index in [1.54, 1.807) is 0 Å². The van der Waals surface area contributed by atoms with E-state index in [1.165, 1.54) is 18.2 Å². The van der Waals surface area contributed by atoms with Crippen molar-refractivity contribution in [2.24, 2.45) is 0 Å². The molecular formula is C10H7FN4O2. The van der Waals surface area contributed by atoms with Crippen molar-refractivity contribution < 1.29 is 9.18 Å². The summed E-state index contributed by atoms with van der Waals surface area (Å²) in [6, 6.07) is 4.96. The molecule has 0 unspecified atom stereocenters. The molecule has 2 heterocycles. The van der Waals surface area contributed by atoms with Gasteiger partial charge in [0.05, 0.1) is 5.56 Å². The molecule has 6 nitrogen and oxygen atoms in total. The van der Waals surface area contributed by atoms with Gasteiger partial charge in [-0.2, -0.15) is 9.49 Å². The molecule has 0 aliphatic heterocycles. The quantitative estimate of drug-likeness (QED) is 0.743. The van der Waals surface area contributed by atoms with Gasteiger partial charge < -0.3 is 5.32 Å². The Balaban J connectivity index is 2.14. The van der Waals surface area contributed by atoms with Gasteiger partial charge in [0.1, 0.15) is 0 Å². The number of halogens is 1. The summed E-state index contributed by atoms with van der Waals surface area (Å²) in [4.78, 5) is 25.7. The maximum absolute atomic E-state index is 12.5. The lowest BCUT2D eigenvalue weighted by atomic mass is 10.2. The minimum Gasteiger partial charge on any atom is -0.305 e. The van der Waals surface area contributed by atoms with E-state index in [4.69, 9.17) is 0 Å². The number of carbonyl (C=O) groups excluding carboxylic acids is 1. The largest absolute Gasteiger partial charge is 0.305 e. The summed E-state index contributed by atoms with van der Waals surface area (Å²) < 4.78 is 12.5. The van der Waals surface area contributed by atoms with E-state index in [0.717, 1.165) is 12.3 Å². The van der Waals surface area contributed by atoms with Crippen LogP contribution in [0.2, 0.25) is 0 Å². The summed E-state index contributed by atoms with van der Waals surface area (Å²) in [5.41, 5.74) is -0.175. The van der Waals surface area contributed by atoms with Gasteiger partial charge in [0.2, 0.25) is 5.95 Å². The average Bonchev–Trinajstić information content (AvgIpc) is 2.33.